The lowest BCUT2D eigenvalue weighted by molar-refractivity contribution is 0.260. The van der Waals surface area contributed by atoms with Crippen molar-refractivity contribution < 1.29 is 0 Å². The third-order valence-corrected chi connectivity index (χ3v) is 3.26. The average molecular weight is 198 g/mol. The highest BCUT2D eigenvalue weighted by atomic mass is 15.2. The molecule has 1 saturated heterocycles. The van der Waals surface area contributed by atoms with Crippen molar-refractivity contribution in [3.63, 3.8) is 0 Å². The van der Waals surface area contributed by atoms with Crippen LogP contribution in [0.15, 0.2) is 0 Å². The maximum absolute atomic E-state index is 3.31. The zero-order valence-electron chi connectivity index (χ0n) is 10.3. The summed E-state index contributed by atoms with van der Waals surface area (Å²) in [7, 11) is 2.06. The molecule has 0 saturated carbocycles. The van der Waals surface area contributed by atoms with E-state index >= 15 is 0 Å². The van der Waals surface area contributed by atoms with Crippen molar-refractivity contribution in [2.24, 2.45) is 11.3 Å². The van der Waals surface area contributed by atoms with Crippen molar-refractivity contribution in [3.8, 4) is 0 Å². The Balaban J connectivity index is 2.26. The summed E-state index contributed by atoms with van der Waals surface area (Å²) in [5.41, 5.74) is 0.520. The van der Waals surface area contributed by atoms with Gasteiger partial charge in [-0.2, -0.15) is 0 Å². The maximum atomic E-state index is 3.31. The Hall–Kier alpha value is -0.0800. The van der Waals surface area contributed by atoms with Gasteiger partial charge in [0.2, 0.25) is 0 Å². The number of likely N-dealkylation sites (tertiary alicyclic amines) is 1. The third-order valence-electron chi connectivity index (χ3n) is 3.26. The van der Waals surface area contributed by atoms with Gasteiger partial charge in [-0.15, -0.1) is 0 Å². The lowest BCUT2D eigenvalue weighted by atomic mass is 9.90. The van der Waals surface area contributed by atoms with Gasteiger partial charge in [-0.1, -0.05) is 20.8 Å². The normalized spacial score (nSPS) is 28.9. The van der Waals surface area contributed by atoms with Crippen LogP contribution in [0.3, 0.4) is 0 Å². The molecular formula is C12H26N2. The second-order valence-corrected chi connectivity index (χ2v) is 5.55. The number of hydrogen-bond donors (Lipinski definition) is 1. The summed E-state index contributed by atoms with van der Waals surface area (Å²) in [4.78, 5) is 2.62. The maximum Gasteiger partial charge on any atom is 0.00480 e. The van der Waals surface area contributed by atoms with Crippen LogP contribution < -0.4 is 5.32 Å². The second kappa shape index (κ2) is 5.13. The predicted octanol–water partition coefficient (Wildman–Crippen LogP) is 1.96. The summed E-state index contributed by atoms with van der Waals surface area (Å²) in [5, 5.41) is 3.31. The lowest BCUT2D eigenvalue weighted by Crippen LogP contribution is -2.33. The zero-order valence-corrected chi connectivity index (χ0v) is 10.3. The first kappa shape index (κ1) is 12.0. The molecule has 0 spiro atoms. The van der Waals surface area contributed by atoms with Gasteiger partial charge in [0.25, 0.3) is 0 Å². The molecule has 1 atom stereocenters. The van der Waals surface area contributed by atoms with Crippen molar-refractivity contribution in [2.45, 2.75) is 33.6 Å². The van der Waals surface area contributed by atoms with Crippen molar-refractivity contribution in [1.29, 1.82) is 0 Å². The highest BCUT2D eigenvalue weighted by Crippen LogP contribution is 2.29. The molecule has 1 heterocycles. The Bertz CT molecular complexity index is 168. The molecule has 1 aliphatic heterocycles. The molecule has 0 bridgehead atoms. The molecular weight excluding hydrogens is 172 g/mol. The van der Waals surface area contributed by atoms with E-state index in [2.05, 4.69) is 38.0 Å². The van der Waals surface area contributed by atoms with E-state index in [1.54, 1.807) is 0 Å². The van der Waals surface area contributed by atoms with Crippen LogP contribution >= 0.6 is 0 Å². The standard InChI is InChI=1S/C12H26N2/c1-11(2)5-7-14-8-6-12(3,10-14)9-13-4/h11,13H,5-10H2,1-4H3. The highest BCUT2D eigenvalue weighted by molar-refractivity contribution is 4.87. The van der Waals surface area contributed by atoms with E-state index in [-0.39, 0.29) is 0 Å². The molecule has 1 unspecified atom stereocenters. The Morgan fingerprint density at radius 3 is 2.71 bits per heavy atom. The molecule has 14 heavy (non-hydrogen) atoms. The van der Waals surface area contributed by atoms with Gasteiger partial charge in [-0.05, 0) is 44.3 Å². The van der Waals surface area contributed by atoms with Gasteiger partial charge in [0.05, 0.1) is 0 Å². The molecule has 0 aliphatic carbocycles. The van der Waals surface area contributed by atoms with Crippen LogP contribution in [-0.2, 0) is 0 Å². The Morgan fingerprint density at radius 2 is 2.14 bits per heavy atom. The first-order valence-corrected chi connectivity index (χ1v) is 5.93. The van der Waals surface area contributed by atoms with E-state index in [0.717, 1.165) is 12.5 Å². The number of hydrogen-bond acceptors (Lipinski definition) is 2. The van der Waals surface area contributed by atoms with Crippen LogP contribution in [0, 0.1) is 11.3 Å². The van der Waals surface area contributed by atoms with Gasteiger partial charge in [0.1, 0.15) is 0 Å². The summed E-state index contributed by atoms with van der Waals surface area (Å²) in [6.45, 7) is 12.0. The Labute approximate surface area is 89.1 Å². The Morgan fingerprint density at radius 1 is 1.43 bits per heavy atom. The number of nitrogens with zero attached hydrogens (tertiary/aromatic N) is 1. The lowest BCUT2D eigenvalue weighted by Gasteiger charge is -2.24. The van der Waals surface area contributed by atoms with Gasteiger partial charge >= 0.3 is 0 Å². The molecule has 0 aromatic carbocycles. The van der Waals surface area contributed by atoms with Gasteiger partial charge in [-0.3, -0.25) is 0 Å². The summed E-state index contributed by atoms with van der Waals surface area (Å²) >= 11 is 0. The Kier molecular flexibility index (Phi) is 4.39. The highest BCUT2D eigenvalue weighted by Gasteiger charge is 2.32. The van der Waals surface area contributed by atoms with Gasteiger partial charge in [-0.25, -0.2) is 0 Å². The summed E-state index contributed by atoms with van der Waals surface area (Å²) in [5.74, 6) is 0.839. The molecule has 1 rings (SSSR count). The zero-order chi connectivity index (χ0) is 10.6. The van der Waals surface area contributed by atoms with Crippen molar-refractivity contribution in [2.75, 3.05) is 33.2 Å². The monoisotopic (exact) mass is 198 g/mol. The molecule has 2 nitrogen and oxygen atoms in total. The SMILES string of the molecule is CNCC1(C)CCN(CCC(C)C)C1. The van der Waals surface area contributed by atoms with Gasteiger partial charge in [0, 0.05) is 13.1 Å². The van der Waals surface area contributed by atoms with Gasteiger partial charge in [0.15, 0.2) is 0 Å². The van der Waals surface area contributed by atoms with Gasteiger partial charge < -0.3 is 10.2 Å². The van der Waals surface area contributed by atoms with Crippen LogP contribution in [0.5, 0.6) is 0 Å². The van der Waals surface area contributed by atoms with E-state index in [0.29, 0.717) is 5.41 Å². The minimum atomic E-state index is 0.520. The molecule has 0 radical (unpaired) electrons. The first-order chi connectivity index (χ1) is 6.56. The fourth-order valence-corrected chi connectivity index (χ4v) is 2.33. The fraction of sp³-hybridized carbons (Fsp3) is 1.00. The van der Waals surface area contributed by atoms with E-state index in [4.69, 9.17) is 0 Å². The van der Waals surface area contributed by atoms with Crippen LogP contribution in [0.4, 0.5) is 0 Å². The summed E-state index contributed by atoms with van der Waals surface area (Å²) < 4.78 is 0. The summed E-state index contributed by atoms with van der Waals surface area (Å²) in [6.07, 6.45) is 2.70. The third kappa shape index (κ3) is 3.58. The van der Waals surface area contributed by atoms with Crippen LogP contribution in [0.2, 0.25) is 0 Å². The van der Waals surface area contributed by atoms with Crippen molar-refractivity contribution in [1.82, 2.24) is 10.2 Å². The number of nitrogens with one attached hydrogen (secondary N) is 1. The minimum Gasteiger partial charge on any atom is -0.319 e. The van der Waals surface area contributed by atoms with Crippen LogP contribution in [0.1, 0.15) is 33.6 Å². The van der Waals surface area contributed by atoms with E-state index in [1.165, 1.54) is 32.5 Å². The predicted molar refractivity (Wildman–Crippen MR) is 62.5 cm³/mol. The van der Waals surface area contributed by atoms with E-state index < -0.39 is 0 Å². The van der Waals surface area contributed by atoms with Crippen LogP contribution in [-0.4, -0.2) is 38.1 Å². The molecule has 84 valence electrons. The van der Waals surface area contributed by atoms with Crippen molar-refractivity contribution in [3.05, 3.63) is 0 Å². The average Bonchev–Trinajstić information content (AvgIpc) is 2.45. The largest absolute Gasteiger partial charge is 0.319 e. The fourth-order valence-electron chi connectivity index (χ4n) is 2.33. The van der Waals surface area contributed by atoms with E-state index in [9.17, 15) is 0 Å². The van der Waals surface area contributed by atoms with Crippen LogP contribution in [0.25, 0.3) is 0 Å². The quantitative estimate of drug-likeness (QED) is 0.726. The first-order valence-electron chi connectivity index (χ1n) is 5.93. The minimum absolute atomic E-state index is 0.520. The number of rotatable bonds is 5. The molecule has 0 aromatic heterocycles. The molecule has 2 heteroatoms. The molecule has 1 aliphatic rings. The molecule has 1 fully saturated rings. The summed E-state index contributed by atoms with van der Waals surface area (Å²) in [6, 6.07) is 0. The second-order valence-electron chi connectivity index (χ2n) is 5.55. The molecule has 0 amide bonds. The smallest absolute Gasteiger partial charge is 0.00480 e. The van der Waals surface area contributed by atoms with Crippen molar-refractivity contribution >= 4 is 0 Å². The molecule has 0 aromatic rings. The molecule has 1 N–H and O–H groups in total. The topological polar surface area (TPSA) is 15.3 Å². The van der Waals surface area contributed by atoms with E-state index in [1.807, 2.05) is 0 Å².